The van der Waals surface area contributed by atoms with Crippen LogP contribution < -0.4 is 27.0 Å². The lowest BCUT2D eigenvalue weighted by Gasteiger charge is -2.30. The molecule has 0 aromatic carbocycles. The number of allylic oxidation sites excluding steroid dienone is 1. The maximum absolute atomic E-state index is 13.5. The van der Waals surface area contributed by atoms with Crippen molar-refractivity contribution >= 4 is 35.4 Å². The van der Waals surface area contributed by atoms with E-state index in [4.69, 9.17) is 10.5 Å². The average molecular weight is 591 g/mol. The molecule has 5 atom stereocenters. The third-order valence-corrected chi connectivity index (χ3v) is 7.35. The molecule has 6 amide bonds. The van der Waals surface area contributed by atoms with Crippen LogP contribution in [0.2, 0.25) is 0 Å². The number of nitrogens with one attached hydrogen (secondary N) is 4. The molecule has 0 aromatic rings. The molecule has 13 nitrogen and oxygen atoms in total. The van der Waals surface area contributed by atoms with Gasteiger partial charge >= 0.3 is 0 Å². The smallest absolute Gasteiger partial charge is 0.245 e. The second-order valence-electron chi connectivity index (χ2n) is 11.3. The standard InChI is InChI=1S/C29H46N6O7/c1-6-19(5)25-29(41)33-21(27(39)32-20(26(30)38)13-17(2)3)16-42-12-8-9-18(4)14-23(36)31-15-24(37)35-11-7-10-22(35)28(40)34-25/h8-9,17,19-22,25H,4,6-7,10-16H2,1-3,5H3,(H2,30,38)(H,31,36)(H,32,39)(H,33,41)(H,34,40)/b9-8+/t19-,20-,21-,22-,25-/m0/s1. The third-order valence-electron chi connectivity index (χ3n) is 7.35. The maximum Gasteiger partial charge on any atom is 0.245 e. The number of hydrogen-bond acceptors (Lipinski definition) is 7. The summed E-state index contributed by atoms with van der Waals surface area (Å²) in [6, 6.07) is -3.97. The highest BCUT2D eigenvalue weighted by atomic mass is 16.5. The Hall–Kier alpha value is -3.74. The number of hydrogen-bond donors (Lipinski definition) is 5. The van der Waals surface area contributed by atoms with E-state index in [0.29, 0.717) is 37.8 Å². The topological polar surface area (TPSA) is 189 Å². The van der Waals surface area contributed by atoms with Gasteiger partial charge in [0.05, 0.1) is 26.2 Å². The Morgan fingerprint density at radius 3 is 2.52 bits per heavy atom. The molecule has 0 aromatic heterocycles. The number of carbonyl (C=O) groups excluding carboxylic acids is 6. The molecular formula is C29H46N6O7. The Kier molecular flexibility index (Phi) is 13.7. The number of nitrogens with zero attached hydrogens (tertiary/aromatic N) is 1. The minimum Gasteiger partial charge on any atom is -0.375 e. The van der Waals surface area contributed by atoms with Crippen LogP contribution in [-0.4, -0.2) is 90.8 Å². The molecule has 0 unspecified atom stereocenters. The first kappa shape index (κ1) is 34.5. The van der Waals surface area contributed by atoms with E-state index >= 15 is 0 Å². The van der Waals surface area contributed by atoms with Crippen LogP contribution in [0, 0.1) is 11.8 Å². The fraction of sp³-hybridized carbons (Fsp3) is 0.655. The van der Waals surface area contributed by atoms with Gasteiger partial charge in [-0.25, -0.2) is 0 Å². The van der Waals surface area contributed by atoms with Crippen LogP contribution >= 0.6 is 0 Å². The minimum absolute atomic E-state index is 0.0339. The first-order valence-corrected chi connectivity index (χ1v) is 14.5. The highest BCUT2D eigenvalue weighted by Crippen LogP contribution is 2.19. The molecule has 42 heavy (non-hydrogen) atoms. The fourth-order valence-electron chi connectivity index (χ4n) is 4.80. The largest absolute Gasteiger partial charge is 0.375 e. The molecule has 2 aliphatic heterocycles. The summed E-state index contributed by atoms with van der Waals surface area (Å²) in [5.74, 6) is -3.51. The van der Waals surface area contributed by atoms with Gasteiger partial charge in [-0.3, -0.25) is 28.8 Å². The zero-order chi connectivity index (χ0) is 31.4. The van der Waals surface area contributed by atoms with E-state index in [-0.39, 0.29) is 38.0 Å². The predicted octanol–water partition coefficient (Wildman–Crippen LogP) is -0.342. The molecule has 0 radical (unpaired) electrons. The van der Waals surface area contributed by atoms with Gasteiger partial charge in [0.2, 0.25) is 35.4 Å². The van der Waals surface area contributed by atoms with Crippen LogP contribution in [0.1, 0.15) is 59.8 Å². The van der Waals surface area contributed by atoms with E-state index in [0.717, 1.165) is 0 Å². The van der Waals surface area contributed by atoms with Crippen LogP contribution in [0.4, 0.5) is 0 Å². The highest BCUT2D eigenvalue weighted by molar-refractivity contribution is 5.96. The van der Waals surface area contributed by atoms with Gasteiger partial charge in [-0.1, -0.05) is 52.8 Å². The van der Waals surface area contributed by atoms with Gasteiger partial charge in [-0.2, -0.15) is 0 Å². The summed E-state index contributed by atoms with van der Waals surface area (Å²) in [7, 11) is 0. The molecule has 1 saturated heterocycles. The van der Waals surface area contributed by atoms with Crippen LogP contribution in [0.3, 0.4) is 0 Å². The summed E-state index contributed by atoms with van der Waals surface area (Å²) in [6.45, 7) is 11.1. The van der Waals surface area contributed by atoms with Gasteiger partial charge in [-0.15, -0.1) is 0 Å². The van der Waals surface area contributed by atoms with Gasteiger partial charge in [0.15, 0.2) is 0 Å². The molecule has 2 heterocycles. The average Bonchev–Trinajstić information content (AvgIpc) is 3.42. The predicted molar refractivity (Wildman–Crippen MR) is 155 cm³/mol. The zero-order valence-corrected chi connectivity index (χ0v) is 25.1. The van der Waals surface area contributed by atoms with Gasteiger partial charge < -0.3 is 36.6 Å². The first-order chi connectivity index (χ1) is 19.8. The Labute approximate surface area is 247 Å². The van der Waals surface area contributed by atoms with Crippen molar-refractivity contribution in [1.82, 2.24) is 26.2 Å². The maximum atomic E-state index is 13.5. The summed E-state index contributed by atoms with van der Waals surface area (Å²) >= 11 is 0. The number of ether oxygens (including phenoxy) is 1. The van der Waals surface area contributed by atoms with Crippen molar-refractivity contribution in [3.63, 3.8) is 0 Å². The van der Waals surface area contributed by atoms with Gasteiger partial charge in [-0.05, 0) is 36.7 Å². The molecule has 1 fully saturated rings. The Morgan fingerprint density at radius 1 is 1.17 bits per heavy atom. The number of carbonyl (C=O) groups is 6. The van der Waals surface area contributed by atoms with E-state index in [1.54, 1.807) is 19.1 Å². The van der Waals surface area contributed by atoms with Crippen molar-refractivity contribution in [2.45, 2.75) is 84.0 Å². The number of fused-ring (bicyclic) bond motifs is 1. The van der Waals surface area contributed by atoms with Crippen molar-refractivity contribution < 1.29 is 33.5 Å². The van der Waals surface area contributed by atoms with Crippen molar-refractivity contribution in [2.24, 2.45) is 17.6 Å². The van der Waals surface area contributed by atoms with Crippen LogP contribution in [0.15, 0.2) is 24.3 Å². The molecule has 2 rings (SSSR count). The summed E-state index contributed by atoms with van der Waals surface area (Å²) in [4.78, 5) is 78.8. The normalized spacial score (nSPS) is 25.6. The lowest BCUT2D eigenvalue weighted by atomic mass is 9.97. The molecule has 0 bridgehead atoms. The van der Waals surface area contributed by atoms with E-state index < -0.39 is 59.6 Å². The molecule has 0 spiro atoms. The lowest BCUT2D eigenvalue weighted by Crippen LogP contribution is -2.60. The van der Waals surface area contributed by atoms with Crippen molar-refractivity contribution in [3.8, 4) is 0 Å². The molecule has 0 aliphatic carbocycles. The number of nitrogens with two attached hydrogens (primary N) is 1. The Morgan fingerprint density at radius 2 is 1.88 bits per heavy atom. The minimum atomic E-state index is -1.20. The SMILES string of the molecule is C=C1/C=C/COC[C@@H](C(=O)N[C@@H](CC(C)C)C(N)=O)NC(=O)[C@H]([C@@H](C)CC)NC(=O)[C@@H]2CCCN2C(=O)CNC(=O)C1. The highest BCUT2D eigenvalue weighted by Gasteiger charge is 2.38. The van der Waals surface area contributed by atoms with Crippen LogP contribution in [0.25, 0.3) is 0 Å². The van der Waals surface area contributed by atoms with E-state index in [1.807, 2.05) is 20.8 Å². The summed E-state index contributed by atoms with van der Waals surface area (Å²) in [5.41, 5.74) is 5.97. The van der Waals surface area contributed by atoms with Crippen LogP contribution in [0.5, 0.6) is 0 Å². The van der Waals surface area contributed by atoms with Gasteiger partial charge in [0.25, 0.3) is 0 Å². The Bertz CT molecular complexity index is 1060. The molecule has 13 heteroatoms. The molecular weight excluding hydrogens is 544 g/mol. The second kappa shape index (κ2) is 16.6. The van der Waals surface area contributed by atoms with Crippen molar-refractivity contribution in [2.75, 3.05) is 26.3 Å². The monoisotopic (exact) mass is 590 g/mol. The third kappa shape index (κ3) is 10.6. The van der Waals surface area contributed by atoms with Gasteiger partial charge in [0.1, 0.15) is 24.2 Å². The lowest BCUT2D eigenvalue weighted by molar-refractivity contribution is -0.140. The number of rotatable bonds is 7. The second-order valence-corrected chi connectivity index (χ2v) is 11.3. The molecule has 0 saturated carbocycles. The van der Waals surface area contributed by atoms with Crippen LogP contribution in [-0.2, 0) is 33.5 Å². The van der Waals surface area contributed by atoms with E-state index in [2.05, 4.69) is 27.8 Å². The van der Waals surface area contributed by atoms with Crippen molar-refractivity contribution in [1.29, 1.82) is 0 Å². The first-order valence-electron chi connectivity index (χ1n) is 14.5. The number of amides is 6. The number of primary amides is 1. The molecule has 2 aliphatic rings. The zero-order valence-electron chi connectivity index (χ0n) is 25.1. The summed E-state index contributed by atoms with van der Waals surface area (Å²) in [6.07, 6.45) is 5.00. The quantitative estimate of drug-likeness (QED) is 0.268. The summed E-state index contributed by atoms with van der Waals surface area (Å²) < 4.78 is 5.63. The fourth-order valence-corrected chi connectivity index (χ4v) is 4.80. The molecule has 234 valence electrons. The molecule has 6 N–H and O–H groups in total. The van der Waals surface area contributed by atoms with E-state index in [9.17, 15) is 28.8 Å². The van der Waals surface area contributed by atoms with Gasteiger partial charge in [0, 0.05) is 6.54 Å². The van der Waals surface area contributed by atoms with Crippen molar-refractivity contribution in [3.05, 3.63) is 24.3 Å². The van der Waals surface area contributed by atoms with E-state index in [1.165, 1.54) is 4.90 Å². The Balaban J connectivity index is 2.35. The summed E-state index contributed by atoms with van der Waals surface area (Å²) in [5, 5.41) is 10.6.